The summed E-state index contributed by atoms with van der Waals surface area (Å²) in [5.41, 5.74) is 4.99. The Morgan fingerprint density at radius 2 is 1.68 bits per heavy atom. The first-order valence-electron chi connectivity index (χ1n) is 11.1. The zero-order valence-corrected chi connectivity index (χ0v) is 19.7. The molecule has 1 aromatic heterocycles. The third kappa shape index (κ3) is 5.07. The van der Waals surface area contributed by atoms with Crippen molar-refractivity contribution in [2.45, 2.75) is 57.7 Å². The van der Waals surface area contributed by atoms with Gasteiger partial charge in [-0.05, 0) is 57.4 Å². The standard InChI is InChI=1S/C24H29N7O3/c1-23(2)12-16(13-24(3,4)30-23)27-20-19(31(33)34)21(26-14-25-20)28-29-22(32)18-11-7-9-15-8-5-6-10-17(15)18/h5-11,14,16,30H,12-13H2,1-4H3,(H,29,32)(H2,25,26,27,28). The third-order valence-electron chi connectivity index (χ3n) is 5.86. The fourth-order valence-electron chi connectivity index (χ4n) is 4.97. The van der Waals surface area contributed by atoms with Gasteiger partial charge >= 0.3 is 5.69 Å². The number of hydrazine groups is 1. The molecule has 0 aliphatic carbocycles. The quantitative estimate of drug-likeness (QED) is 0.318. The minimum absolute atomic E-state index is 0.0297. The summed E-state index contributed by atoms with van der Waals surface area (Å²) in [6, 6.07) is 12.9. The van der Waals surface area contributed by atoms with Crippen LogP contribution in [0.5, 0.6) is 0 Å². The molecule has 1 aliphatic heterocycles. The molecule has 0 unspecified atom stereocenters. The van der Waals surface area contributed by atoms with E-state index in [4.69, 9.17) is 0 Å². The van der Waals surface area contributed by atoms with E-state index in [0.29, 0.717) is 5.56 Å². The molecule has 0 saturated carbocycles. The molecule has 10 heteroatoms. The summed E-state index contributed by atoms with van der Waals surface area (Å²) in [7, 11) is 0. The van der Waals surface area contributed by atoms with Gasteiger partial charge in [-0.1, -0.05) is 36.4 Å². The van der Waals surface area contributed by atoms with Crippen molar-refractivity contribution < 1.29 is 9.72 Å². The number of carbonyl (C=O) groups excluding carboxylic acids is 1. The average Bonchev–Trinajstić information content (AvgIpc) is 2.74. The summed E-state index contributed by atoms with van der Waals surface area (Å²) in [4.78, 5) is 32.4. The lowest BCUT2D eigenvalue weighted by molar-refractivity contribution is -0.383. The van der Waals surface area contributed by atoms with Crippen LogP contribution >= 0.6 is 0 Å². The largest absolute Gasteiger partial charge is 0.361 e. The summed E-state index contributed by atoms with van der Waals surface area (Å²) >= 11 is 0. The number of hydrogen-bond donors (Lipinski definition) is 4. The van der Waals surface area contributed by atoms with Crippen LogP contribution in [0.2, 0.25) is 0 Å². The summed E-state index contributed by atoms with van der Waals surface area (Å²) in [5.74, 6) is -0.412. The first-order valence-corrected chi connectivity index (χ1v) is 11.1. The molecule has 0 bridgehead atoms. The van der Waals surface area contributed by atoms with E-state index in [2.05, 4.69) is 59.1 Å². The van der Waals surface area contributed by atoms with Crippen LogP contribution in [0.1, 0.15) is 50.9 Å². The highest BCUT2D eigenvalue weighted by Gasteiger charge is 2.38. The van der Waals surface area contributed by atoms with Gasteiger partial charge in [0.1, 0.15) is 6.33 Å². The lowest BCUT2D eigenvalue weighted by Gasteiger charge is -2.46. The van der Waals surface area contributed by atoms with Crippen LogP contribution in [0, 0.1) is 10.1 Å². The number of piperidine rings is 1. The van der Waals surface area contributed by atoms with Gasteiger partial charge in [0.15, 0.2) is 0 Å². The van der Waals surface area contributed by atoms with Crippen molar-refractivity contribution in [2.24, 2.45) is 0 Å². The van der Waals surface area contributed by atoms with E-state index in [0.717, 1.165) is 23.6 Å². The second-order valence-corrected chi connectivity index (χ2v) is 9.92. The van der Waals surface area contributed by atoms with Crippen LogP contribution in [0.25, 0.3) is 10.8 Å². The number of nitro groups is 1. The molecule has 0 atom stereocenters. The van der Waals surface area contributed by atoms with Gasteiger partial charge in [0.2, 0.25) is 11.6 Å². The molecule has 1 amide bonds. The minimum Gasteiger partial charge on any atom is -0.361 e. The van der Waals surface area contributed by atoms with E-state index >= 15 is 0 Å². The van der Waals surface area contributed by atoms with E-state index in [1.54, 1.807) is 12.1 Å². The van der Waals surface area contributed by atoms with Crippen LogP contribution in [0.4, 0.5) is 17.3 Å². The van der Waals surface area contributed by atoms with Crippen molar-refractivity contribution in [1.82, 2.24) is 20.7 Å². The van der Waals surface area contributed by atoms with Crippen molar-refractivity contribution in [3.8, 4) is 0 Å². The second kappa shape index (κ2) is 8.86. The molecule has 10 nitrogen and oxygen atoms in total. The van der Waals surface area contributed by atoms with Crippen LogP contribution in [0.15, 0.2) is 48.8 Å². The van der Waals surface area contributed by atoms with Gasteiger partial charge in [0, 0.05) is 22.7 Å². The van der Waals surface area contributed by atoms with Gasteiger partial charge in [0.25, 0.3) is 5.91 Å². The Balaban J connectivity index is 1.56. The topological polar surface area (TPSA) is 134 Å². The Kier molecular flexibility index (Phi) is 6.09. The number of rotatable bonds is 6. The van der Waals surface area contributed by atoms with Crippen molar-refractivity contribution in [1.29, 1.82) is 0 Å². The maximum absolute atomic E-state index is 12.8. The van der Waals surface area contributed by atoms with Gasteiger partial charge in [-0.2, -0.15) is 0 Å². The average molecular weight is 464 g/mol. The van der Waals surface area contributed by atoms with Crippen LogP contribution in [0.3, 0.4) is 0 Å². The molecule has 0 radical (unpaired) electrons. The van der Waals surface area contributed by atoms with Gasteiger partial charge < -0.3 is 10.6 Å². The molecule has 1 fully saturated rings. The number of hydrogen-bond acceptors (Lipinski definition) is 8. The molecule has 0 spiro atoms. The zero-order chi connectivity index (χ0) is 24.5. The molecular weight excluding hydrogens is 434 g/mol. The van der Waals surface area contributed by atoms with Gasteiger partial charge in [-0.3, -0.25) is 25.8 Å². The Hall–Kier alpha value is -3.79. The van der Waals surface area contributed by atoms with Crippen molar-refractivity contribution in [2.75, 3.05) is 10.7 Å². The van der Waals surface area contributed by atoms with E-state index in [1.807, 2.05) is 30.3 Å². The number of benzene rings is 2. The van der Waals surface area contributed by atoms with Gasteiger partial charge in [-0.15, -0.1) is 0 Å². The molecular formula is C24H29N7O3. The summed E-state index contributed by atoms with van der Waals surface area (Å²) in [6.45, 7) is 8.42. The lowest BCUT2D eigenvalue weighted by Crippen LogP contribution is -2.60. The predicted octanol–water partition coefficient (Wildman–Crippen LogP) is 4.02. The van der Waals surface area contributed by atoms with E-state index in [1.165, 1.54) is 6.33 Å². The minimum atomic E-state index is -0.550. The van der Waals surface area contributed by atoms with E-state index in [9.17, 15) is 14.9 Å². The van der Waals surface area contributed by atoms with Crippen LogP contribution < -0.4 is 21.5 Å². The zero-order valence-electron chi connectivity index (χ0n) is 19.7. The van der Waals surface area contributed by atoms with Crippen LogP contribution in [-0.2, 0) is 0 Å². The highest BCUT2D eigenvalue weighted by Crippen LogP contribution is 2.34. The number of nitrogens with one attached hydrogen (secondary N) is 4. The Morgan fingerprint density at radius 1 is 1.03 bits per heavy atom. The fourth-order valence-corrected chi connectivity index (χ4v) is 4.97. The fraction of sp³-hybridized carbons (Fsp3) is 0.375. The molecule has 34 heavy (non-hydrogen) atoms. The van der Waals surface area contributed by atoms with E-state index < -0.39 is 10.8 Å². The third-order valence-corrected chi connectivity index (χ3v) is 5.86. The maximum atomic E-state index is 12.8. The van der Waals surface area contributed by atoms with Crippen LogP contribution in [-0.4, -0.2) is 37.9 Å². The Labute approximate surface area is 197 Å². The molecule has 1 saturated heterocycles. The number of aromatic nitrogens is 2. The predicted molar refractivity (Wildman–Crippen MR) is 132 cm³/mol. The highest BCUT2D eigenvalue weighted by atomic mass is 16.6. The van der Waals surface area contributed by atoms with Crippen molar-refractivity contribution in [3.05, 3.63) is 64.5 Å². The number of carbonyl (C=O) groups is 1. The molecule has 3 aromatic rings. The first kappa shape index (κ1) is 23.4. The number of anilines is 2. The summed E-state index contributed by atoms with van der Waals surface area (Å²) < 4.78 is 0. The number of amides is 1. The Morgan fingerprint density at radius 3 is 2.38 bits per heavy atom. The van der Waals surface area contributed by atoms with E-state index in [-0.39, 0.29) is 34.4 Å². The lowest BCUT2D eigenvalue weighted by atomic mass is 9.79. The Bertz CT molecular complexity index is 1220. The molecule has 2 heterocycles. The molecule has 1 aliphatic rings. The summed E-state index contributed by atoms with van der Waals surface area (Å²) in [5, 5.41) is 20.5. The SMILES string of the molecule is CC1(C)CC(Nc2ncnc(NNC(=O)c3cccc4ccccc34)c2[N+](=O)[O-])CC(C)(C)N1. The molecule has 178 valence electrons. The van der Waals surface area contributed by atoms with Gasteiger partial charge in [-0.25, -0.2) is 9.97 Å². The normalized spacial score (nSPS) is 17.2. The first-order chi connectivity index (χ1) is 16.0. The molecule has 4 N–H and O–H groups in total. The molecule has 2 aromatic carbocycles. The second-order valence-electron chi connectivity index (χ2n) is 9.92. The molecule has 4 rings (SSSR count). The highest BCUT2D eigenvalue weighted by molar-refractivity contribution is 6.07. The number of nitrogens with zero attached hydrogens (tertiary/aromatic N) is 3. The maximum Gasteiger partial charge on any atom is 0.354 e. The van der Waals surface area contributed by atoms with Crippen molar-refractivity contribution in [3.63, 3.8) is 0 Å². The monoisotopic (exact) mass is 463 g/mol. The smallest absolute Gasteiger partial charge is 0.354 e. The van der Waals surface area contributed by atoms with Crippen molar-refractivity contribution >= 4 is 34.0 Å². The number of fused-ring (bicyclic) bond motifs is 1. The van der Waals surface area contributed by atoms with Gasteiger partial charge in [0.05, 0.1) is 4.92 Å². The summed E-state index contributed by atoms with van der Waals surface area (Å²) in [6.07, 6.45) is 2.76.